The number of halogens is 2. The Balaban J connectivity index is 1.80. The van der Waals surface area contributed by atoms with E-state index in [1.165, 1.54) is 36.4 Å². The Morgan fingerprint density at radius 1 is 1.06 bits per heavy atom. The van der Waals surface area contributed by atoms with Crippen LogP contribution in [0.5, 0.6) is 0 Å². The van der Waals surface area contributed by atoms with Crippen LogP contribution in [0.15, 0.2) is 76.3 Å². The molecule has 9 nitrogen and oxygen atoms in total. The fraction of sp³-hybridized carbons (Fsp3) is 0.0435. The van der Waals surface area contributed by atoms with E-state index < -0.39 is 51.8 Å². The molecule has 1 N–H and O–H groups in total. The van der Waals surface area contributed by atoms with Crippen molar-refractivity contribution in [1.29, 1.82) is 0 Å². The standard InChI is InChI=1S/C23H15BrFN3O6/c24-16-10-8-14(9-11-16)20(29)13-34-23(31)17-5-3-7-19(28(32)33)21(17)22(30)27-26-12-15-4-1-2-6-18(15)25/h1-12H,13H2,(H,27,30)/b26-12+. The number of carbonyl (C=O) groups excluding carboxylic acids is 3. The molecule has 3 aromatic carbocycles. The molecular weight excluding hydrogens is 513 g/mol. The molecule has 0 aliphatic carbocycles. The predicted octanol–water partition coefficient (Wildman–Crippen LogP) is 4.30. The number of esters is 1. The summed E-state index contributed by atoms with van der Waals surface area (Å²) in [6.45, 7) is -0.643. The molecule has 0 aliphatic rings. The highest BCUT2D eigenvalue weighted by atomic mass is 79.9. The van der Waals surface area contributed by atoms with E-state index in [-0.39, 0.29) is 11.1 Å². The quantitative estimate of drug-likeness (QED) is 0.153. The van der Waals surface area contributed by atoms with Crippen LogP contribution < -0.4 is 5.43 Å². The Bertz CT molecular complexity index is 1290. The van der Waals surface area contributed by atoms with Gasteiger partial charge in [0, 0.05) is 21.7 Å². The Labute approximate surface area is 200 Å². The Morgan fingerprint density at radius 2 is 1.76 bits per heavy atom. The van der Waals surface area contributed by atoms with E-state index in [1.807, 2.05) is 5.43 Å². The molecule has 0 aromatic heterocycles. The zero-order chi connectivity index (χ0) is 24.7. The fourth-order valence-corrected chi connectivity index (χ4v) is 3.09. The lowest BCUT2D eigenvalue weighted by Crippen LogP contribution is -2.24. The molecule has 3 rings (SSSR count). The number of amides is 1. The maximum atomic E-state index is 13.7. The molecule has 0 unspecified atom stereocenters. The maximum Gasteiger partial charge on any atom is 0.339 e. The molecule has 0 bridgehead atoms. The molecule has 11 heteroatoms. The number of nitrogens with zero attached hydrogens (tertiary/aromatic N) is 2. The van der Waals surface area contributed by atoms with Crippen LogP contribution in [0.2, 0.25) is 0 Å². The topological polar surface area (TPSA) is 128 Å². The number of nitrogens with one attached hydrogen (secondary N) is 1. The number of Topliss-reactive ketones (excluding diaryl/α,β-unsaturated/α-hetero) is 1. The summed E-state index contributed by atoms with van der Waals surface area (Å²) in [4.78, 5) is 48.1. The summed E-state index contributed by atoms with van der Waals surface area (Å²) in [6.07, 6.45) is 1.01. The molecule has 0 spiro atoms. The molecule has 0 atom stereocenters. The first-order chi connectivity index (χ1) is 16.3. The van der Waals surface area contributed by atoms with Crippen molar-refractivity contribution >= 4 is 45.5 Å². The largest absolute Gasteiger partial charge is 0.454 e. The number of hydrogen-bond acceptors (Lipinski definition) is 7. The molecule has 0 heterocycles. The summed E-state index contributed by atoms with van der Waals surface area (Å²) >= 11 is 3.24. The third-order valence-electron chi connectivity index (χ3n) is 4.46. The van der Waals surface area contributed by atoms with Gasteiger partial charge in [-0.2, -0.15) is 5.10 Å². The second-order valence-corrected chi connectivity index (χ2v) is 7.60. The summed E-state index contributed by atoms with van der Waals surface area (Å²) in [5.74, 6) is -3.30. The number of ether oxygens (including phenoxy) is 1. The number of carbonyl (C=O) groups is 3. The smallest absolute Gasteiger partial charge is 0.339 e. The number of hydrogen-bond donors (Lipinski definition) is 1. The summed E-state index contributed by atoms with van der Waals surface area (Å²) in [7, 11) is 0. The Hall–Kier alpha value is -4.25. The Kier molecular flexibility index (Phi) is 7.93. The number of rotatable bonds is 8. The average molecular weight is 528 g/mol. The van der Waals surface area contributed by atoms with Gasteiger partial charge in [0.1, 0.15) is 11.4 Å². The summed E-state index contributed by atoms with van der Waals surface area (Å²) in [5.41, 5.74) is 0.676. The molecule has 1 amide bonds. The van der Waals surface area contributed by atoms with Gasteiger partial charge in [-0.3, -0.25) is 19.7 Å². The van der Waals surface area contributed by atoms with Crippen molar-refractivity contribution in [2.24, 2.45) is 5.10 Å². The van der Waals surface area contributed by atoms with E-state index in [0.717, 1.165) is 22.8 Å². The van der Waals surface area contributed by atoms with Gasteiger partial charge in [0.15, 0.2) is 12.4 Å². The van der Waals surface area contributed by atoms with Crippen LogP contribution in [-0.2, 0) is 4.74 Å². The van der Waals surface area contributed by atoms with Crippen LogP contribution in [0.1, 0.15) is 36.6 Å². The molecule has 34 heavy (non-hydrogen) atoms. The van der Waals surface area contributed by atoms with Crippen LogP contribution in [0.25, 0.3) is 0 Å². The van der Waals surface area contributed by atoms with Gasteiger partial charge in [0.25, 0.3) is 11.6 Å². The van der Waals surface area contributed by atoms with E-state index in [1.54, 1.807) is 18.2 Å². The van der Waals surface area contributed by atoms with Gasteiger partial charge in [0.2, 0.25) is 0 Å². The lowest BCUT2D eigenvalue weighted by Gasteiger charge is -2.09. The SMILES string of the molecule is O=C(COC(=O)c1cccc([N+](=O)[O-])c1C(=O)N/N=C/c1ccccc1F)c1ccc(Br)cc1. The monoisotopic (exact) mass is 527 g/mol. The van der Waals surface area contributed by atoms with Gasteiger partial charge in [0.05, 0.1) is 16.7 Å². The molecule has 3 aromatic rings. The highest BCUT2D eigenvalue weighted by molar-refractivity contribution is 9.10. The number of benzene rings is 3. The van der Waals surface area contributed by atoms with Gasteiger partial charge < -0.3 is 4.74 Å². The Morgan fingerprint density at radius 3 is 2.44 bits per heavy atom. The lowest BCUT2D eigenvalue weighted by molar-refractivity contribution is -0.385. The van der Waals surface area contributed by atoms with E-state index in [0.29, 0.717) is 0 Å². The number of nitro groups is 1. The first-order valence-electron chi connectivity index (χ1n) is 9.59. The number of ketones is 1. The lowest BCUT2D eigenvalue weighted by atomic mass is 10.0. The van der Waals surface area contributed by atoms with Crippen molar-refractivity contribution in [2.75, 3.05) is 6.61 Å². The van der Waals surface area contributed by atoms with Gasteiger partial charge in [-0.25, -0.2) is 14.6 Å². The average Bonchev–Trinajstić information content (AvgIpc) is 2.83. The molecule has 172 valence electrons. The van der Waals surface area contributed by atoms with Gasteiger partial charge >= 0.3 is 5.97 Å². The van der Waals surface area contributed by atoms with E-state index in [9.17, 15) is 28.9 Å². The molecule has 0 saturated carbocycles. The molecule has 0 radical (unpaired) electrons. The first-order valence-corrected chi connectivity index (χ1v) is 10.4. The van der Waals surface area contributed by atoms with Crippen molar-refractivity contribution in [1.82, 2.24) is 5.43 Å². The summed E-state index contributed by atoms with van der Waals surface area (Å²) < 4.78 is 19.4. The van der Waals surface area contributed by atoms with Crippen LogP contribution >= 0.6 is 15.9 Å². The first kappa shape index (κ1) is 24.4. The maximum absolute atomic E-state index is 13.7. The molecule has 0 saturated heterocycles. The van der Waals surface area contributed by atoms with Crippen LogP contribution in [0.4, 0.5) is 10.1 Å². The normalized spacial score (nSPS) is 10.6. The van der Waals surface area contributed by atoms with Gasteiger partial charge in [-0.05, 0) is 24.3 Å². The van der Waals surface area contributed by atoms with Crippen molar-refractivity contribution in [3.63, 3.8) is 0 Å². The van der Waals surface area contributed by atoms with Crippen LogP contribution in [0.3, 0.4) is 0 Å². The fourth-order valence-electron chi connectivity index (χ4n) is 2.83. The zero-order valence-corrected chi connectivity index (χ0v) is 18.8. The summed E-state index contributed by atoms with van der Waals surface area (Å²) in [5, 5.41) is 15.1. The second-order valence-electron chi connectivity index (χ2n) is 6.68. The molecular formula is C23H15BrFN3O6. The highest BCUT2D eigenvalue weighted by Gasteiger charge is 2.28. The second kappa shape index (κ2) is 11.1. The van der Waals surface area contributed by atoms with Crippen LogP contribution in [0, 0.1) is 15.9 Å². The minimum absolute atomic E-state index is 0.0662. The minimum atomic E-state index is -1.11. The number of nitro benzene ring substituents is 1. The molecule has 0 aliphatic heterocycles. The number of hydrazone groups is 1. The summed E-state index contributed by atoms with van der Waals surface area (Å²) in [6, 6.07) is 15.3. The highest BCUT2D eigenvalue weighted by Crippen LogP contribution is 2.23. The van der Waals surface area contributed by atoms with Crippen molar-refractivity contribution < 1.29 is 28.4 Å². The van der Waals surface area contributed by atoms with Gasteiger partial charge in [-0.1, -0.05) is 52.3 Å². The van der Waals surface area contributed by atoms with Crippen molar-refractivity contribution in [2.45, 2.75) is 0 Å². The predicted molar refractivity (Wildman–Crippen MR) is 123 cm³/mol. The van der Waals surface area contributed by atoms with E-state index >= 15 is 0 Å². The third-order valence-corrected chi connectivity index (χ3v) is 4.99. The molecule has 0 fully saturated rings. The minimum Gasteiger partial charge on any atom is -0.454 e. The zero-order valence-electron chi connectivity index (χ0n) is 17.2. The van der Waals surface area contributed by atoms with Gasteiger partial charge in [-0.15, -0.1) is 0 Å². The van der Waals surface area contributed by atoms with E-state index in [4.69, 9.17) is 4.74 Å². The third kappa shape index (κ3) is 5.95. The van der Waals surface area contributed by atoms with Crippen molar-refractivity contribution in [3.8, 4) is 0 Å². The van der Waals surface area contributed by atoms with Crippen LogP contribution in [-0.4, -0.2) is 35.4 Å². The van der Waals surface area contributed by atoms with Crippen molar-refractivity contribution in [3.05, 3.63) is 109 Å². The van der Waals surface area contributed by atoms with E-state index in [2.05, 4.69) is 21.0 Å².